The summed E-state index contributed by atoms with van der Waals surface area (Å²) in [6.45, 7) is 1.33. The number of carbonyl (C=O) groups is 1. The zero-order valence-electron chi connectivity index (χ0n) is 10.4. The number of likely N-dealkylation sites (N-methyl/N-ethyl adjacent to an activating group) is 2. The van der Waals surface area contributed by atoms with Crippen molar-refractivity contribution in [2.45, 2.75) is 0 Å². The fourth-order valence-corrected chi connectivity index (χ4v) is 1.19. The highest BCUT2D eigenvalue weighted by atomic mass is 16.6. The van der Waals surface area contributed by atoms with Gasteiger partial charge < -0.3 is 19.7 Å². The molecule has 0 saturated carbocycles. The summed E-state index contributed by atoms with van der Waals surface area (Å²) in [5, 5.41) is 2.97. The quantitative estimate of drug-likeness (QED) is 0.841. The predicted molar refractivity (Wildman–Crippen MR) is 65.6 cm³/mol. The molecule has 0 unspecified atom stereocenters. The normalized spacial score (nSPS) is 9.82. The molecular formula is C12H18N2O3. The first-order valence-electron chi connectivity index (χ1n) is 5.39. The van der Waals surface area contributed by atoms with Gasteiger partial charge in [0.25, 0.3) is 0 Å². The molecule has 5 heteroatoms. The Labute approximate surface area is 101 Å². The van der Waals surface area contributed by atoms with E-state index in [9.17, 15) is 4.79 Å². The van der Waals surface area contributed by atoms with Gasteiger partial charge in [-0.25, -0.2) is 4.79 Å². The summed E-state index contributed by atoms with van der Waals surface area (Å²) in [5.41, 5.74) is 0. The van der Waals surface area contributed by atoms with E-state index in [2.05, 4.69) is 5.32 Å². The Morgan fingerprint density at radius 2 is 1.88 bits per heavy atom. The zero-order chi connectivity index (χ0) is 12.7. The largest absolute Gasteiger partial charge is 0.497 e. The van der Waals surface area contributed by atoms with Crippen molar-refractivity contribution in [3.8, 4) is 11.5 Å². The van der Waals surface area contributed by atoms with Crippen molar-refractivity contribution in [2.75, 3.05) is 34.3 Å². The van der Waals surface area contributed by atoms with E-state index < -0.39 is 0 Å². The molecule has 1 rings (SSSR count). The molecular weight excluding hydrogens is 220 g/mol. The van der Waals surface area contributed by atoms with Crippen LogP contribution in [0.25, 0.3) is 0 Å². The lowest BCUT2D eigenvalue weighted by Gasteiger charge is -2.16. The number of hydrogen-bond donors (Lipinski definition) is 1. The molecule has 94 valence electrons. The molecule has 1 N–H and O–H groups in total. The Balaban J connectivity index is 2.49. The fourth-order valence-electron chi connectivity index (χ4n) is 1.19. The van der Waals surface area contributed by atoms with Gasteiger partial charge in [0, 0.05) is 20.1 Å². The SMILES string of the molecule is CNCCN(C)C(=O)Oc1ccc(OC)cc1. The smallest absolute Gasteiger partial charge is 0.415 e. The maximum absolute atomic E-state index is 11.6. The monoisotopic (exact) mass is 238 g/mol. The Morgan fingerprint density at radius 1 is 1.29 bits per heavy atom. The summed E-state index contributed by atoms with van der Waals surface area (Å²) >= 11 is 0. The molecule has 1 amide bonds. The molecule has 17 heavy (non-hydrogen) atoms. The van der Waals surface area contributed by atoms with Crippen molar-refractivity contribution in [3.05, 3.63) is 24.3 Å². The topological polar surface area (TPSA) is 50.8 Å². The van der Waals surface area contributed by atoms with E-state index in [1.54, 1.807) is 38.4 Å². The minimum atomic E-state index is -0.370. The van der Waals surface area contributed by atoms with Crippen LogP contribution in [0.1, 0.15) is 0 Å². The molecule has 0 aromatic heterocycles. The zero-order valence-corrected chi connectivity index (χ0v) is 10.4. The van der Waals surface area contributed by atoms with Gasteiger partial charge in [-0.15, -0.1) is 0 Å². The third-order valence-corrected chi connectivity index (χ3v) is 2.27. The standard InChI is InChI=1S/C12H18N2O3/c1-13-8-9-14(2)12(15)17-11-6-4-10(16-3)5-7-11/h4-7,13H,8-9H2,1-3H3. The van der Waals surface area contributed by atoms with E-state index in [0.717, 1.165) is 12.3 Å². The molecule has 0 fully saturated rings. The number of rotatable bonds is 5. The second-order valence-corrected chi connectivity index (χ2v) is 3.57. The van der Waals surface area contributed by atoms with Crippen LogP contribution in [0.4, 0.5) is 4.79 Å². The predicted octanol–water partition coefficient (Wildman–Crippen LogP) is 1.35. The molecule has 0 aliphatic rings. The molecule has 0 aliphatic heterocycles. The highest BCUT2D eigenvalue weighted by molar-refractivity contribution is 5.70. The second kappa shape index (κ2) is 6.75. The van der Waals surface area contributed by atoms with Crippen molar-refractivity contribution < 1.29 is 14.3 Å². The Morgan fingerprint density at radius 3 is 2.41 bits per heavy atom. The molecule has 0 saturated heterocycles. The minimum Gasteiger partial charge on any atom is -0.497 e. The summed E-state index contributed by atoms with van der Waals surface area (Å²) in [4.78, 5) is 13.1. The van der Waals surface area contributed by atoms with Crippen LogP contribution in [0.5, 0.6) is 11.5 Å². The Hall–Kier alpha value is -1.75. The Kier molecular flexibility index (Phi) is 5.29. The van der Waals surface area contributed by atoms with Gasteiger partial charge in [0.05, 0.1) is 7.11 Å². The van der Waals surface area contributed by atoms with E-state index in [1.165, 1.54) is 4.90 Å². The lowest BCUT2D eigenvalue weighted by molar-refractivity contribution is 0.163. The number of ether oxygens (including phenoxy) is 2. The molecule has 0 heterocycles. The maximum Gasteiger partial charge on any atom is 0.415 e. The van der Waals surface area contributed by atoms with E-state index in [1.807, 2.05) is 7.05 Å². The molecule has 0 bridgehead atoms. The molecule has 0 radical (unpaired) electrons. The summed E-state index contributed by atoms with van der Waals surface area (Å²) in [6, 6.07) is 6.89. The van der Waals surface area contributed by atoms with Gasteiger partial charge in [-0.3, -0.25) is 0 Å². The molecule has 5 nitrogen and oxygen atoms in total. The van der Waals surface area contributed by atoms with Crippen molar-refractivity contribution in [2.24, 2.45) is 0 Å². The summed E-state index contributed by atoms with van der Waals surface area (Å²) < 4.78 is 10.2. The third kappa shape index (κ3) is 4.32. The summed E-state index contributed by atoms with van der Waals surface area (Å²) in [7, 11) is 5.12. The maximum atomic E-state index is 11.6. The number of hydrogen-bond acceptors (Lipinski definition) is 4. The molecule has 1 aromatic carbocycles. The highest BCUT2D eigenvalue weighted by Gasteiger charge is 2.10. The van der Waals surface area contributed by atoms with Crippen LogP contribution in [0.15, 0.2) is 24.3 Å². The number of amides is 1. The van der Waals surface area contributed by atoms with E-state index in [-0.39, 0.29) is 6.09 Å². The van der Waals surface area contributed by atoms with Gasteiger partial charge in [0.2, 0.25) is 0 Å². The summed E-state index contributed by atoms with van der Waals surface area (Å²) in [5.74, 6) is 1.24. The fraction of sp³-hybridized carbons (Fsp3) is 0.417. The molecule has 0 atom stereocenters. The molecule has 0 aliphatic carbocycles. The van der Waals surface area contributed by atoms with Gasteiger partial charge >= 0.3 is 6.09 Å². The number of carbonyl (C=O) groups excluding carboxylic acids is 1. The van der Waals surface area contributed by atoms with Crippen LogP contribution >= 0.6 is 0 Å². The van der Waals surface area contributed by atoms with Crippen molar-refractivity contribution >= 4 is 6.09 Å². The van der Waals surface area contributed by atoms with Crippen molar-refractivity contribution in [1.82, 2.24) is 10.2 Å². The minimum absolute atomic E-state index is 0.370. The van der Waals surface area contributed by atoms with Crippen LogP contribution in [0.3, 0.4) is 0 Å². The van der Waals surface area contributed by atoms with E-state index >= 15 is 0 Å². The van der Waals surface area contributed by atoms with Crippen LogP contribution in [-0.2, 0) is 0 Å². The third-order valence-electron chi connectivity index (χ3n) is 2.27. The van der Waals surface area contributed by atoms with Crippen LogP contribution in [-0.4, -0.2) is 45.3 Å². The average Bonchev–Trinajstić information content (AvgIpc) is 2.36. The molecule has 0 spiro atoms. The number of methoxy groups -OCH3 is 1. The first-order chi connectivity index (χ1) is 8.17. The van der Waals surface area contributed by atoms with Crippen LogP contribution in [0.2, 0.25) is 0 Å². The van der Waals surface area contributed by atoms with E-state index in [0.29, 0.717) is 12.3 Å². The van der Waals surface area contributed by atoms with Gasteiger partial charge in [0.15, 0.2) is 0 Å². The number of nitrogens with one attached hydrogen (secondary N) is 1. The van der Waals surface area contributed by atoms with Gasteiger partial charge in [-0.1, -0.05) is 0 Å². The lowest BCUT2D eigenvalue weighted by Crippen LogP contribution is -2.34. The van der Waals surface area contributed by atoms with Crippen LogP contribution in [0, 0.1) is 0 Å². The first kappa shape index (κ1) is 13.3. The van der Waals surface area contributed by atoms with Crippen LogP contribution < -0.4 is 14.8 Å². The van der Waals surface area contributed by atoms with Crippen molar-refractivity contribution in [3.63, 3.8) is 0 Å². The average molecular weight is 238 g/mol. The summed E-state index contributed by atoms with van der Waals surface area (Å²) in [6.07, 6.45) is -0.370. The van der Waals surface area contributed by atoms with E-state index in [4.69, 9.17) is 9.47 Å². The highest BCUT2D eigenvalue weighted by Crippen LogP contribution is 2.17. The number of benzene rings is 1. The van der Waals surface area contributed by atoms with Gasteiger partial charge in [0.1, 0.15) is 11.5 Å². The van der Waals surface area contributed by atoms with Gasteiger partial charge in [-0.2, -0.15) is 0 Å². The first-order valence-corrected chi connectivity index (χ1v) is 5.39. The number of nitrogens with zero attached hydrogens (tertiary/aromatic N) is 1. The van der Waals surface area contributed by atoms with Gasteiger partial charge in [-0.05, 0) is 31.3 Å². The molecule has 1 aromatic rings. The van der Waals surface area contributed by atoms with Crippen molar-refractivity contribution in [1.29, 1.82) is 0 Å². The lowest BCUT2D eigenvalue weighted by atomic mass is 10.3. The Bertz CT molecular complexity index is 351. The second-order valence-electron chi connectivity index (χ2n) is 3.57.